The highest BCUT2D eigenvalue weighted by atomic mass is 16.7. The van der Waals surface area contributed by atoms with E-state index in [9.17, 15) is 92.7 Å². The van der Waals surface area contributed by atoms with Crippen molar-refractivity contribution in [2.45, 2.75) is 207 Å². The Balaban J connectivity index is 0.878. The number of phenolic OH excluding ortho intramolecular Hbond substituents is 2. The van der Waals surface area contributed by atoms with E-state index < -0.39 is 222 Å². The minimum Gasteiger partial charge on any atom is -0.507 e. The Morgan fingerprint density at radius 1 is 0.634 bits per heavy atom. The summed E-state index contributed by atoms with van der Waals surface area (Å²) in [6.07, 6.45) is -8.61. The molecule has 112 heavy (non-hydrogen) atoms. The van der Waals surface area contributed by atoms with Gasteiger partial charge in [-0.2, -0.15) is 0 Å². The van der Waals surface area contributed by atoms with Crippen molar-refractivity contribution in [3.63, 3.8) is 0 Å². The van der Waals surface area contributed by atoms with Crippen molar-refractivity contribution in [2.75, 3.05) is 19.7 Å². The number of hydrogen-bond donors (Lipinski definition) is 10. The number of ketones is 8. The van der Waals surface area contributed by atoms with Crippen LogP contribution in [0.2, 0.25) is 0 Å². The summed E-state index contributed by atoms with van der Waals surface area (Å²) in [6, 6.07) is 24.4. The van der Waals surface area contributed by atoms with Gasteiger partial charge in [-0.1, -0.05) is 130 Å². The number of benzene rings is 5. The Morgan fingerprint density at radius 3 is 1.87 bits per heavy atom. The molecule has 2 aliphatic carbocycles. The molecule has 600 valence electrons. The summed E-state index contributed by atoms with van der Waals surface area (Å²) in [5.74, 6) is -13.6. The highest BCUT2D eigenvalue weighted by molar-refractivity contribution is 6.31. The summed E-state index contributed by atoms with van der Waals surface area (Å²) in [4.78, 5) is 189. The minimum absolute atomic E-state index is 0.0108. The first kappa shape index (κ1) is 86.9. The minimum atomic E-state index is -2.47. The molecule has 5 amide bonds. The van der Waals surface area contributed by atoms with E-state index in [-0.39, 0.29) is 73.5 Å². The maximum atomic E-state index is 14.5. The van der Waals surface area contributed by atoms with Gasteiger partial charge in [0.25, 0.3) is 0 Å². The number of esters is 1. The van der Waals surface area contributed by atoms with Gasteiger partial charge in [-0.15, -0.1) is 0 Å². The lowest BCUT2D eigenvalue weighted by molar-refractivity contribution is -0.275. The van der Waals surface area contributed by atoms with Gasteiger partial charge in [0.2, 0.25) is 17.7 Å². The van der Waals surface area contributed by atoms with Crippen LogP contribution in [0.1, 0.15) is 190 Å². The molecule has 0 aromatic heterocycles. The van der Waals surface area contributed by atoms with Crippen LogP contribution in [0.15, 0.2) is 103 Å². The molecule has 1 saturated heterocycles. The largest absolute Gasteiger partial charge is 0.507 e. The monoisotopic (exact) mass is 1550 g/mol. The number of ether oxygens (including phenoxy) is 5. The van der Waals surface area contributed by atoms with Gasteiger partial charge in [0.15, 0.2) is 41.0 Å². The van der Waals surface area contributed by atoms with E-state index in [1.165, 1.54) is 58.0 Å². The number of phenols is 2. The fraction of sp³-hybridized carbons (Fsp3) is 0.470. The van der Waals surface area contributed by atoms with Gasteiger partial charge in [-0.25, -0.2) is 9.59 Å². The number of aromatic hydroxyl groups is 2. The standard InChI is InChI=1S/C83H99N5O24/c1-45(2)58(35-64(94)60(30-25-48(5)90)86-78(103)55(32-49(6)91)34-56(92)39-85-77(102)47(4)18-15-16-31-84-80(105)109-42-53-22-13-10-14-23-53)79(104)87-61(36-66(96)108-41-52-20-11-9-12-21-52)63(93)33-51-26-28-54(29-27-51)43-110-81(106)88-62-37-67(111-50(7)72(62)97)112-82(8)44-83(107,65(95)40-89)38-59-71(82)76(101)70-69(74(59)99)73(98)57-24-17-19-46(3)68(57)75(70)100/h9-14,17,19-24,26-29,45,47,50,55,58,60-62,67,72,89,97,99,101,107H,15-16,18,25,30-44H2,1-8H3,(H,84,105)(H,85,102)(H,86,103)(H,87,104)(H,88,106)/t47-,50-,55+,58-,60-,61-,62?,67-,72+,82-,83-/m0/s1. The quantitative estimate of drug-likeness (QED) is 0.00834. The molecule has 0 bridgehead atoms. The maximum Gasteiger partial charge on any atom is 0.407 e. The Labute approximate surface area is 648 Å². The number of rotatable bonds is 39. The Kier molecular flexibility index (Phi) is 30.6. The van der Waals surface area contributed by atoms with Gasteiger partial charge in [-0.05, 0) is 87.6 Å². The zero-order chi connectivity index (χ0) is 81.9. The van der Waals surface area contributed by atoms with Crippen molar-refractivity contribution < 1.29 is 116 Å². The summed E-state index contributed by atoms with van der Waals surface area (Å²) in [5, 5.41) is 70.4. The highest BCUT2D eigenvalue weighted by Gasteiger charge is 2.55. The second-order valence-electron chi connectivity index (χ2n) is 29.7. The van der Waals surface area contributed by atoms with E-state index in [4.69, 9.17) is 23.7 Å². The molecule has 29 heteroatoms. The molecular formula is C83H99N5O24. The third kappa shape index (κ3) is 23.0. The highest BCUT2D eigenvalue weighted by Crippen LogP contribution is 2.55. The van der Waals surface area contributed by atoms with Crippen LogP contribution >= 0.6 is 0 Å². The first-order valence-electron chi connectivity index (χ1n) is 37.4. The summed E-state index contributed by atoms with van der Waals surface area (Å²) in [5.41, 5.74) is -3.59. The lowest BCUT2D eigenvalue weighted by Gasteiger charge is -2.47. The van der Waals surface area contributed by atoms with Crippen LogP contribution in [0.3, 0.4) is 0 Å². The molecule has 0 saturated carbocycles. The average molecular weight is 1550 g/mol. The SMILES string of the molecule is CC(=O)CC[C@H](NC(=O)[C@H](CC(C)=O)CC(=O)CNC(=O)[C@@H](C)CCCCNC(=O)OCc1ccccc1)C(=O)C[C@H](C(=O)N[C@@H](CC(=O)OCc1ccccc1)C(=O)Cc1ccc(COC(=O)NC2C[C@H](O[C@@]3(C)C[C@](O)(C(=O)CO)Cc4c(O)c5c(c(O)c43)C(=O)c3c(C)cccc3C5=O)O[C@@H](C)[C@H]2O)cc1)C(C)C. The molecule has 1 heterocycles. The smallest absolute Gasteiger partial charge is 0.407 e. The summed E-state index contributed by atoms with van der Waals surface area (Å²) < 4.78 is 28.8. The van der Waals surface area contributed by atoms with Crippen LogP contribution in [0.5, 0.6) is 11.5 Å². The molecule has 3 aliphatic rings. The summed E-state index contributed by atoms with van der Waals surface area (Å²) in [7, 11) is 0. The fourth-order valence-electron chi connectivity index (χ4n) is 14.2. The van der Waals surface area contributed by atoms with Crippen LogP contribution in [0, 0.1) is 30.6 Å². The zero-order valence-corrected chi connectivity index (χ0v) is 64.0. The molecular weight excluding hydrogens is 1450 g/mol. The molecule has 8 rings (SSSR count). The third-order valence-electron chi connectivity index (χ3n) is 20.4. The Hall–Kier alpha value is -10.7. The molecule has 1 unspecified atom stereocenters. The maximum absolute atomic E-state index is 14.5. The van der Waals surface area contributed by atoms with Crippen molar-refractivity contribution in [1.29, 1.82) is 0 Å². The Bertz CT molecular complexity index is 4340. The predicted octanol–water partition coefficient (Wildman–Crippen LogP) is 6.66. The Morgan fingerprint density at radius 2 is 1.24 bits per heavy atom. The molecule has 29 nitrogen and oxygen atoms in total. The van der Waals surface area contributed by atoms with Crippen molar-refractivity contribution in [3.8, 4) is 11.5 Å². The normalized spacial score (nSPS) is 19.6. The molecule has 10 N–H and O–H groups in total. The summed E-state index contributed by atoms with van der Waals surface area (Å²) in [6.45, 7) is 10.1. The van der Waals surface area contributed by atoms with Crippen LogP contribution < -0.4 is 26.6 Å². The molecule has 1 fully saturated rings. The van der Waals surface area contributed by atoms with Crippen molar-refractivity contribution in [1.82, 2.24) is 26.6 Å². The molecule has 1 aliphatic heterocycles. The fourth-order valence-corrected chi connectivity index (χ4v) is 14.2. The van der Waals surface area contributed by atoms with Crippen molar-refractivity contribution in [3.05, 3.63) is 164 Å². The van der Waals surface area contributed by atoms with Crippen LogP contribution in [-0.4, -0.2) is 170 Å². The van der Waals surface area contributed by atoms with Crippen molar-refractivity contribution in [2.24, 2.45) is 23.7 Å². The molecule has 5 aromatic carbocycles. The third-order valence-corrected chi connectivity index (χ3v) is 20.4. The molecule has 5 aromatic rings. The number of carbonyl (C=O) groups is 14. The van der Waals surface area contributed by atoms with E-state index >= 15 is 0 Å². The number of aliphatic hydroxyl groups is 3. The summed E-state index contributed by atoms with van der Waals surface area (Å²) >= 11 is 0. The number of nitrogens with one attached hydrogen (secondary N) is 5. The number of fused-ring (bicyclic) bond motifs is 3. The topological polar surface area (TPSA) is 446 Å². The first-order chi connectivity index (χ1) is 53.1. The van der Waals surface area contributed by atoms with Gasteiger partial charge in [-0.3, -0.25) is 47.9 Å². The number of aryl methyl sites for hydroxylation is 1. The van der Waals surface area contributed by atoms with Gasteiger partial charge in [0.1, 0.15) is 66.8 Å². The van der Waals surface area contributed by atoms with E-state index in [1.807, 2.05) is 30.3 Å². The average Bonchev–Trinajstić information content (AvgIpc) is 0.700. The number of hydrogen-bond acceptors (Lipinski definition) is 24. The lowest BCUT2D eigenvalue weighted by atomic mass is 9.67. The van der Waals surface area contributed by atoms with Gasteiger partial charge in [0, 0.05) is 92.0 Å². The number of aliphatic hydroxyl groups excluding tert-OH is 2. The van der Waals surface area contributed by atoms with E-state index in [1.54, 1.807) is 70.2 Å². The van der Waals surface area contributed by atoms with Crippen molar-refractivity contribution >= 4 is 82.1 Å². The number of alkyl carbamates (subject to hydrolysis) is 2. The number of carbonyl (C=O) groups excluding carboxylic acids is 14. The second-order valence-corrected chi connectivity index (χ2v) is 29.7. The molecule has 11 atom stereocenters. The molecule has 0 radical (unpaired) electrons. The van der Waals surface area contributed by atoms with E-state index in [0.717, 1.165) is 5.56 Å². The second kappa shape index (κ2) is 39.5. The predicted molar refractivity (Wildman–Crippen MR) is 400 cm³/mol. The number of amides is 5. The van der Waals surface area contributed by atoms with Crippen LogP contribution in [-0.2, 0) is 110 Å². The number of unbranched alkanes of at least 4 members (excludes halogenated alkanes) is 1. The van der Waals surface area contributed by atoms with Gasteiger partial charge >= 0.3 is 18.2 Å². The lowest BCUT2D eigenvalue weighted by Crippen LogP contribution is -2.58. The van der Waals surface area contributed by atoms with Crippen LogP contribution in [0.4, 0.5) is 9.59 Å². The first-order valence-corrected chi connectivity index (χ1v) is 37.4. The number of Topliss-reactive ketones (excluding diaryl/α,β-unsaturated/α-hetero) is 6. The van der Waals surface area contributed by atoms with Gasteiger partial charge in [0.05, 0.1) is 54.2 Å². The van der Waals surface area contributed by atoms with E-state index in [2.05, 4.69) is 26.6 Å². The molecule has 0 spiro atoms. The van der Waals surface area contributed by atoms with Gasteiger partial charge < -0.3 is 85.4 Å². The van der Waals surface area contributed by atoms with E-state index in [0.29, 0.717) is 48.1 Å². The van der Waals surface area contributed by atoms with Crippen LogP contribution in [0.25, 0.3) is 0 Å². The zero-order valence-electron chi connectivity index (χ0n) is 64.0.